The summed E-state index contributed by atoms with van der Waals surface area (Å²) < 4.78 is 16.7. The molecule has 136 valence electrons. The van der Waals surface area contributed by atoms with E-state index in [9.17, 15) is 4.79 Å². The Kier molecular flexibility index (Phi) is 5.66. The Morgan fingerprint density at radius 1 is 1.25 bits per heavy atom. The van der Waals surface area contributed by atoms with Gasteiger partial charge in [0.2, 0.25) is 0 Å². The van der Waals surface area contributed by atoms with Crippen molar-refractivity contribution in [3.8, 4) is 0 Å². The van der Waals surface area contributed by atoms with Crippen LogP contribution in [0.4, 0.5) is 0 Å². The molecule has 3 aliphatic rings. The minimum atomic E-state index is 0.00873. The van der Waals surface area contributed by atoms with Gasteiger partial charge in [-0.25, -0.2) is 0 Å². The molecule has 0 N–H and O–H groups in total. The van der Waals surface area contributed by atoms with Crippen LogP contribution in [0, 0.1) is 23.2 Å². The summed E-state index contributed by atoms with van der Waals surface area (Å²) in [5.74, 6) is 1.19. The predicted octanol–water partition coefficient (Wildman–Crippen LogP) is 3.75. The first-order valence-corrected chi connectivity index (χ1v) is 9.56. The normalized spacial score (nSPS) is 33.3. The van der Waals surface area contributed by atoms with Gasteiger partial charge in [0.1, 0.15) is 0 Å². The summed E-state index contributed by atoms with van der Waals surface area (Å²) in [6.07, 6.45) is 5.29. The average molecular weight is 336 g/mol. The third-order valence-electron chi connectivity index (χ3n) is 6.45. The zero-order valence-electron chi connectivity index (χ0n) is 15.4. The van der Waals surface area contributed by atoms with Crippen molar-refractivity contribution in [1.82, 2.24) is 0 Å². The van der Waals surface area contributed by atoms with Gasteiger partial charge in [-0.05, 0) is 70.1 Å². The summed E-state index contributed by atoms with van der Waals surface area (Å²) in [7, 11) is 0. The molecule has 24 heavy (non-hydrogen) atoms. The molecule has 0 aromatic heterocycles. The fraction of sp³-hybridized carbons (Fsp3) is 0.850. The van der Waals surface area contributed by atoms with Crippen LogP contribution in [0.3, 0.4) is 0 Å². The summed E-state index contributed by atoms with van der Waals surface area (Å²) in [5, 5.41) is 0. The number of rotatable bonds is 7. The van der Waals surface area contributed by atoms with Gasteiger partial charge in [0.05, 0.1) is 12.5 Å². The van der Waals surface area contributed by atoms with E-state index in [-0.39, 0.29) is 17.3 Å². The number of hydrogen-bond acceptors (Lipinski definition) is 4. The van der Waals surface area contributed by atoms with Gasteiger partial charge in [0, 0.05) is 26.4 Å². The van der Waals surface area contributed by atoms with Crippen LogP contribution in [0.25, 0.3) is 0 Å². The molecule has 0 radical (unpaired) electrons. The van der Waals surface area contributed by atoms with Gasteiger partial charge in [-0.15, -0.1) is 0 Å². The fourth-order valence-electron chi connectivity index (χ4n) is 4.77. The van der Waals surface area contributed by atoms with E-state index >= 15 is 0 Å². The Morgan fingerprint density at radius 2 is 2.00 bits per heavy atom. The molecule has 0 bridgehead atoms. The Hall–Kier alpha value is -0.870. The van der Waals surface area contributed by atoms with Crippen molar-refractivity contribution in [2.45, 2.75) is 52.9 Å². The monoisotopic (exact) mass is 336 g/mol. The van der Waals surface area contributed by atoms with E-state index in [0.717, 1.165) is 58.5 Å². The highest BCUT2D eigenvalue weighted by molar-refractivity contribution is 5.78. The largest absolute Gasteiger partial charge is 0.466 e. The molecule has 4 heteroatoms. The molecule has 0 aromatic carbocycles. The maximum absolute atomic E-state index is 12.4. The van der Waals surface area contributed by atoms with Gasteiger partial charge >= 0.3 is 5.97 Å². The minimum Gasteiger partial charge on any atom is -0.466 e. The molecule has 0 aromatic rings. The first kappa shape index (κ1) is 17.9. The van der Waals surface area contributed by atoms with Crippen LogP contribution in [0.5, 0.6) is 0 Å². The first-order valence-electron chi connectivity index (χ1n) is 9.56. The van der Waals surface area contributed by atoms with Gasteiger partial charge in [-0.3, -0.25) is 4.79 Å². The van der Waals surface area contributed by atoms with Crippen molar-refractivity contribution >= 4 is 5.97 Å². The quantitative estimate of drug-likeness (QED) is 0.403. The molecule has 0 spiro atoms. The molecular weight excluding hydrogens is 304 g/mol. The van der Waals surface area contributed by atoms with E-state index in [1.54, 1.807) is 0 Å². The molecule has 1 saturated carbocycles. The summed E-state index contributed by atoms with van der Waals surface area (Å²) in [5.41, 5.74) is 3.03. The molecule has 3 rings (SSSR count). The molecule has 2 aliphatic carbocycles. The third-order valence-corrected chi connectivity index (χ3v) is 6.45. The van der Waals surface area contributed by atoms with E-state index in [4.69, 9.17) is 14.2 Å². The molecule has 0 amide bonds. The molecular formula is C20H32O4. The lowest BCUT2D eigenvalue weighted by molar-refractivity contribution is -0.146. The summed E-state index contributed by atoms with van der Waals surface area (Å²) in [4.78, 5) is 12.4. The molecule has 2 fully saturated rings. The standard InChI is InChI=1S/C20H32O4/c1-4-24-19(21)18-17-11-14(2)15(3)12-20(17,18)7-10-23-13-16-5-8-22-9-6-16/h16-18H,4-13H2,1-3H3/t17-,18+,20-/m1/s1. The van der Waals surface area contributed by atoms with E-state index in [1.807, 2.05) is 6.92 Å². The van der Waals surface area contributed by atoms with Crippen molar-refractivity contribution in [2.24, 2.45) is 23.2 Å². The van der Waals surface area contributed by atoms with Crippen LogP contribution in [-0.2, 0) is 19.0 Å². The lowest BCUT2D eigenvalue weighted by atomic mass is 9.82. The highest BCUT2D eigenvalue weighted by Gasteiger charge is 2.68. The smallest absolute Gasteiger partial charge is 0.309 e. The van der Waals surface area contributed by atoms with Crippen LogP contribution in [0.1, 0.15) is 52.9 Å². The van der Waals surface area contributed by atoms with Crippen LogP contribution in [-0.4, -0.2) is 39.0 Å². The second-order valence-corrected chi connectivity index (χ2v) is 7.89. The average Bonchev–Trinajstić information content (AvgIpc) is 3.20. The van der Waals surface area contributed by atoms with Crippen molar-refractivity contribution < 1.29 is 19.0 Å². The van der Waals surface area contributed by atoms with E-state index < -0.39 is 0 Å². The van der Waals surface area contributed by atoms with Gasteiger partial charge in [-0.1, -0.05) is 11.1 Å². The topological polar surface area (TPSA) is 44.8 Å². The van der Waals surface area contributed by atoms with Crippen LogP contribution < -0.4 is 0 Å². The van der Waals surface area contributed by atoms with Gasteiger partial charge in [-0.2, -0.15) is 0 Å². The van der Waals surface area contributed by atoms with Crippen molar-refractivity contribution in [3.63, 3.8) is 0 Å². The lowest BCUT2D eigenvalue weighted by Gasteiger charge is -2.25. The van der Waals surface area contributed by atoms with Crippen LogP contribution in [0.15, 0.2) is 11.1 Å². The van der Waals surface area contributed by atoms with Crippen molar-refractivity contribution in [2.75, 3.05) is 33.0 Å². The molecule has 3 atom stereocenters. The van der Waals surface area contributed by atoms with Gasteiger partial charge in [0.25, 0.3) is 0 Å². The zero-order chi connectivity index (χ0) is 17.2. The van der Waals surface area contributed by atoms with E-state index in [2.05, 4.69) is 13.8 Å². The molecule has 0 unspecified atom stereocenters. The molecule has 1 aliphatic heterocycles. The number of allylic oxidation sites excluding steroid dienone is 2. The number of carbonyl (C=O) groups excluding carboxylic acids is 1. The second kappa shape index (κ2) is 7.57. The molecule has 1 saturated heterocycles. The Balaban J connectivity index is 1.53. The highest BCUT2D eigenvalue weighted by Crippen LogP contribution is 2.69. The van der Waals surface area contributed by atoms with E-state index in [0.29, 0.717) is 18.4 Å². The maximum atomic E-state index is 12.4. The Labute approximate surface area is 145 Å². The summed E-state index contributed by atoms with van der Waals surface area (Å²) in [6, 6.07) is 0. The number of ether oxygens (including phenoxy) is 3. The first-order chi connectivity index (χ1) is 11.6. The molecule has 4 nitrogen and oxygen atoms in total. The number of carbonyl (C=O) groups is 1. The molecule has 1 heterocycles. The summed E-state index contributed by atoms with van der Waals surface area (Å²) >= 11 is 0. The maximum Gasteiger partial charge on any atom is 0.309 e. The predicted molar refractivity (Wildman–Crippen MR) is 92.6 cm³/mol. The van der Waals surface area contributed by atoms with Gasteiger partial charge < -0.3 is 14.2 Å². The minimum absolute atomic E-state index is 0.00873. The lowest BCUT2D eigenvalue weighted by Crippen LogP contribution is -2.22. The van der Waals surface area contributed by atoms with Gasteiger partial charge in [0.15, 0.2) is 0 Å². The number of fused-ring (bicyclic) bond motifs is 1. The highest BCUT2D eigenvalue weighted by atomic mass is 16.5. The SMILES string of the molecule is CCOC(=O)[C@@H]1[C@H]2CC(C)=C(C)C[C@]21CCOCC1CCOCC1. The Bertz CT molecular complexity index is 492. The zero-order valence-corrected chi connectivity index (χ0v) is 15.4. The second-order valence-electron chi connectivity index (χ2n) is 7.89. The van der Waals surface area contributed by atoms with Crippen molar-refractivity contribution in [3.05, 3.63) is 11.1 Å². The Morgan fingerprint density at radius 3 is 2.71 bits per heavy atom. The number of hydrogen-bond donors (Lipinski definition) is 0. The van der Waals surface area contributed by atoms with Crippen LogP contribution >= 0.6 is 0 Å². The fourth-order valence-corrected chi connectivity index (χ4v) is 4.77. The van der Waals surface area contributed by atoms with Crippen LogP contribution in [0.2, 0.25) is 0 Å². The number of esters is 1. The van der Waals surface area contributed by atoms with Crippen molar-refractivity contribution in [1.29, 1.82) is 0 Å². The summed E-state index contributed by atoms with van der Waals surface area (Å²) in [6.45, 7) is 10.1. The van der Waals surface area contributed by atoms with E-state index in [1.165, 1.54) is 11.1 Å². The third kappa shape index (κ3) is 3.55.